The number of carbonyl (C=O) groups excluding carboxylic acids is 3. The highest BCUT2D eigenvalue weighted by Gasteiger charge is 2.50. The Bertz CT molecular complexity index is 1580. The van der Waals surface area contributed by atoms with Gasteiger partial charge in [-0.25, -0.2) is 4.79 Å². The Balaban J connectivity index is 2.69. The molecule has 0 aromatic rings. The van der Waals surface area contributed by atoms with Crippen molar-refractivity contribution in [2.45, 2.75) is 289 Å². The minimum absolute atomic E-state index is 0.0232. The SMILES string of the molecule is CC/C=C\C/C=C\C/C=C\CCCCCC(=O)OC1C(OCC(COC(=O)CCCCCCCC/C=C\C/C=C\C/C=C\CCCCC)OC(=O)CCCCCCCCCCCCCCC)OC(C(=O)O)C(O)C1O. The number of ether oxygens (including phenoxy) is 5. The number of allylic oxidation sites excluding steroid dienone is 12. The van der Waals surface area contributed by atoms with Crippen molar-refractivity contribution in [2.24, 2.45) is 0 Å². The van der Waals surface area contributed by atoms with Crippen LogP contribution in [0.25, 0.3) is 0 Å². The highest BCUT2D eigenvalue weighted by Crippen LogP contribution is 2.26. The van der Waals surface area contributed by atoms with Crippen molar-refractivity contribution in [1.82, 2.24) is 0 Å². The van der Waals surface area contributed by atoms with Crippen LogP contribution in [0.2, 0.25) is 0 Å². The monoisotopic (exact) mass is 1050 g/mol. The molecule has 1 aliphatic rings. The van der Waals surface area contributed by atoms with Crippen LogP contribution >= 0.6 is 0 Å². The molecule has 1 rings (SSSR count). The van der Waals surface area contributed by atoms with Gasteiger partial charge in [0.25, 0.3) is 0 Å². The van der Waals surface area contributed by atoms with Crippen LogP contribution in [0.4, 0.5) is 0 Å². The van der Waals surface area contributed by atoms with Gasteiger partial charge in [-0.05, 0) is 89.9 Å². The van der Waals surface area contributed by atoms with Crippen LogP contribution in [0.1, 0.15) is 252 Å². The van der Waals surface area contributed by atoms with Crippen LogP contribution in [-0.2, 0) is 42.9 Å². The van der Waals surface area contributed by atoms with Gasteiger partial charge in [0, 0.05) is 19.3 Å². The molecule has 0 aromatic carbocycles. The summed E-state index contributed by atoms with van der Waals surface area (Å²) in [5.74, 6) is -3.17. The number of aliphatic carboxylic acids is 1. The smallest absolute Gasteiger partial charge is 0.335 e. The summed E-state index contributed by atoms with van der Waals surface area (Å²) in [5, 5.41) is 31.4. The lowest BCUT2D eigenvalue weighted by Gasteiger charge is -2.40. The highest BCUT2D eigenvalue weighted by atomic mass is 16.7. The quantitative estimate of drug-likeness (QED) is 0.0228. The van der Waals surface area contributed by atoms with Crippen LogP contribution in [0, 0.1) is 0 Å². The normalized spacial score (nSPS) is 18.7. The molecule has 6 atom stereocenters. The van der Waals surface area contributed by atoms with Gasteiger partial charge in [-0.3, -0.25) is 14.4 Å². The van der Waals surface area contributed by atoms with E-state index < -0.39 is 67.3 Å². The number of rotatable bonds is 50. The Hall–Kier alpha value is -3.84. The lowest BCUT2D eigenvalue weighted by atomic mass is 9.98. The summed E-state index contributed by atoms with van der Waals surface area (Å²) in [4.78, 5) is 51.1. The zero-order chi connectivity index (χ0) is 54.7. The first-order valence-corrected chi connectivity index (χ1v) is 29.9. The van der Waals surface area contributed by atoms with Gasteiger partial charge in [0.2, 0.25) is 0 Å². The molecular weight excluding hydrogens is 949 g/mol. The van der Waals surface area contributed by atoms with Crippen molar-refractivity contribution in [2.75, 3.05) is 13.2 Å². The number of carboxylic acid groups (broad SMARTS) is 1. The van der Waals surface area contributed by atoms with Gasteiger partial charge >= 0.3 is 23.9 Å². The number of hydrogen-bond acceptors (Lipinski definition) is 11. The first-order valence-electron chi connectivity index (χ1n) is 29.9. The fourth-order valence-electron chi connectivity index (χ4n) is 8.68. The molecule has 12 nitrogen and oxygen atoms in total. The average molecular weight is 1060 g/mol. The number of aliphatic hydroxyl groups excluding tert-OH is 2. The number of carboxylic acids is 1. The lowest BCUT2D eigenvalue weighted by Crippen LogP contribution is -2.61. The van der Waals surface area contributed by atoms with Crippen LogP contribution in [0.3, 0.4) is 0 Å². The number of esters is 3. The molecule has 1 aliphatic heterocycles. The largest absolute Gasteiger partial charge is 0.479 e. The fraction of sp³-hybridized carbons (Fsp3) is 0.746. The van der Waals surface area contributed by atoms with Gasteiger partial charge in [-0.1, -0.05) is 216 Å². The van der Waals surface area contributed by atoms with Crippen molar-refractivity contribution in [3.05, 3.63) is 72.9 Å². The molecule has 6 unspecified atom stereocenters. The predicted molar refractivity (Wildman–Crippen MR) is 303 cm³/mol. The lowest BCUT2D eigenvalue weighted by molar-refractivity contribution is -0.301. The van der Waals surface area contributed by atoms with E-state index in [1.807, 2.05) is 0 Å². The zero-order valence-corrected chi connectivity index (χ0v) is 47.3. The molecule has 0 saturated carbocycles. The second-order valence-corrected chi connectivity index (χ2v) is 20.3. The van der Waals surface area contributed by atoms with E-state index in [-0.39, 0.29) is 25.9 Å². The Morgan fingerprint density at radius 1 is 0.453 bits per heavy atom. The van der Waals surface area contributed by atoms with Crippen molar-refractivity contribution in [3.8, 4) is 0 Å². The molecule has 0 aromatic heterocycles. The second kappa shape index (κ2) is 50.9. The number of aliphatic hydroxyl groups is 2. The van der Waals surface area contributed by atoms with E-state index in [1.165, 1.54) is 83.5 Å². The Kier molecular flexibility index (Phi) is 47.0. The van der Waals surface area contributed by atoms with E-state index in [1.54, 1.807) is 0 Å². The molecule has 0 amide bonds. The van der Waals surface area contributed by atoms with E-state index in [4.69, 9.17) is 23.7 Å². The Morgan fingerprint density at radius 3 is 1.32 bits per heavy atom. The average Bonchev–Trinajstić information content (AvgIpc) is 3.39. The molecule has 12 heteroatoms. The number of hydrogen-bond donors (Lipinski definition) is 3. The summed E-state index contributed by atoms with van der Waals surface area (Å²) in [6.45, 7) is 5.83. The molecule has 0 spiro atoms. The topological polar surface area (TPSA) is 175 Å². The fourth-order valence-corrected chi connectivity index (χ4v) is 8.68. The van der Waals surface area contributed by atoms with Gasteiger partial charge in [-0.2, -0.15) is 0 Å². The summed E-state index contributed by atoms with van der Waals surface area (Å²) in [6, 6.07) is 0. The van der Waals surface area contributed by atoms with Gasteiger partial charge in [0.05, 0.1) is 6.61 Å². The summed E-state index contributed by atoms with van der Waals surface area (Å²) >= 11 is 0. The Labute approximate surface area is 455 Å². The van der Waals surface area contributed by atoms with E-state index in [9.17, 15) is 34.5 Å². The van der Waals surface area contributed by atoms with Gasteiger partial charge in [0.15, 0.2) is 24.6 Å². The predicted octanol–water partition coefficient (Wildman–Crippen LogP) is 15.3. The van der Waals surface area contributed by atoms with Gasteiger partial charge in [0.1, 0.15) is 18.8 Å². The number of unbranched alkanes of at least 4 members (excludes halogenated alkanes) is 24. The van der Waals surface area contributed by atoms with Crippen molar-refractivity contribution in [1.29, 1.82) is 0 Å². The molecular formula is C63H106O12. The molecule has 0 aliphatic carbocycles. The standard InChI is InChI=1S/C63H106O12/c1-4-7-10-13-16-19-22-25-26-27-28-29-30-33-34-37-40-43-46-49-55(64)71-52-54(73-56(65)50-47-44-41-38-35-31-23-20-17-14-11-8-5-2)53-72-63-61(59(68)58(67)60(75-63)62(69)70)74-57(66)51-48-45-42-39-36-32-24-21-18-15-12-9-6-3/h9,12,16,18-19,21,25-26,28-29,32,36,54,58-61,63,67-68H,4-8,10-11,13-15,17,20,22-24,27,30-31,33-35,37-53H2,1-3H3,(H,69,70)/b12-9-,19-16-,21-18-,26-25-,29-28-,36-32-. The van der Waals surface area contributed by atoms with Gasteiger partial charge < -0.3 is 39.0 Å². The van der Waals surface area contributed by atoms with E-state index in [0.29, 0.717) is 19.3 Å². The highest BCUT2D eigenvalue weighted by molar-refractivity contribution is 5.74. The maximum absolute atomic E-state index is 13.1. The van der Waals surface area contributed by atoms with Gasteiger partial charge in [-0.15, -0.1) is 0 Å². The first kappa shape index (κ1) is 69.2. The molecule has 0 radical (unpaired) electrons. The minimum Gasteiger partial charge on any atom is -0.479 e. The number of carbonyl (C=O) groups is 4. The Morgan fingerprint density at radius 2 is 0.840 bits per heavy atom. The summed E-state index contributed by atoms with van der Waals surface area (Å²) < 4.78 is 28.4. The van der Waals surface area contributed by atoms with Crippen LogP contribution in [0.15, 0.2) is 72.9 Å². The molecule has 1 fully saturated rings. The van der Waals surface area contributed by atoms with Crippen molar-refractivity contribution >= 4 is 23.9 Å². The maximum atomic E-state index is 13.1. The maximum Gasteiger partial charge on any atom is 0.335 e. The third-order valence-corrected chi connectivity index (χ3v) is 13.3. The summed E-state index contributed by atoms with van der Waals surface area (Å²) in [6.07, 6.45) is 51.6. The summed E-state index contributed by atoms with van der Waals surface area (Å²) in [7, 11) is 0. The molecule has 1 heterocycles. The van der Waals surface area contributed by atoms with Crippen molar-refractivity contribution in [3.63, 3.8) is 0 Å². The molecule has 1 saturated heterocycles. The summed E-state index contributed by atoms with van der Waals surface area (Å²) in [5.41, 5.74) is 0. The molecule has 3 N–H and O–H groups in total. The van der Waals surface area contributed by atoms with Crippen LogP contribution in [0.5, 0.6) is 0 Å². The molecule has 75 heavy (non-hydrogen) atoms. The van der Waals surface area contributed by atoms with Crippen molar-refractivity contribution < 1.29 is 58.2 Å². The molecule has 0 bridgehead atoms. The van der Waals surface area contributed by atoms with Crippen LogP contribution < -0.4 is 0 Å². The minimum atomic E-state index is -1.91. The third kappa shape index (κ3) is 41.0. The first-order chi connectivity index (χ1) is 36.6. The van der Waals surface area contributed by atoms with E-state index in [0.717, 1.165) is 109 Å². The van der Waals surface area contributed by atoms with Crippen LogP contribution in [-0.4, -0.2) is 89.2 Å². The molecule has 430 valence electrons. The second-order valence-electron chi connectivity index (χ2n) is 20.3. The van der Waals surface area contributed by atoms with E-state index in [2.05, 4.69) is 93.7 Å². The zero-order valence-electron chi connectivity index (χ0n) is 47.3. The van der Waals surface area contributed by atoms with E-state index >= 15 is 0 Å². The third-order valence-electron chi connectivity index (χ3n) is 13.3.